The van der Waals surface area contributed by atoms with Gasteiger partial charge in [-0.05, 0) is 93.1 Å². The Morgan fingerprint density at radius 2 is 2.11 bits per heavy atom. The molecule has 27 heavy (non-hydrogen) atoms. The van der Waals surface area contributed by atoms with E-state index in [1.165, 1.54) is 24.8 Å². The highest BCUT2D eigenvalue weighted by Crippen LogP contribution is 2.69. The number of allylic oxidation sites excluding steroid dienone is 2. The molecule has 0 amide bonds. The molecule has 1 aliphatic heterocycles. The number of oxime groups is 1. The molecule has 0 bridgehead atoms. The Kier molecular flexibility index (Phi) is 4.11. The van der Waals surface area contributed by atoms with Gasteiger partial charge in [0.2, 0.25) is 0 Å². The van der Waals surface area contributed by atoms with Crippen molar-refractivity contribution >= 4 is 5.71 Å². The molecule has 4 heteroatoms. The third-order valence-corrected chi connectivity index (χ3v) is 9.15. The van der Waals surface area contributed by atoms with Gasteiger partial charge in [-0.25, -0.2) is 0 Å². The Hall–Kier alpha value is -1.13. The second-order valence-corrected chi connectivity index (χ2v) is 9.83. The van der Waals surface area contributed by atoms with Gasteiger partial charge in [-0.3, -0.25) is 0 Å². The smallest absolute Gasteiger partial charge is 0.175 e. The average molecular weight is 372 g/mol. The largest absolute Gasteiger partial charge is 0.411 e. The molecular weight excluding hydrogens is 338 g/mol. The van der Waals surface area contributed by atoms with E-state index < -0.39 is 6.29 Å². The Balaban J connectivity index is 1.50. The molecule has 1 heterocycles. The van der Waals surface area contributed by atoms with Crippen molar-refractivity contribution < 1.29 is 15.1 Å². The first-order valence-electron chi connectivity index (χ1n) is 11.0. The van der Waals surface area contributed by atoms with Crippen LogP contribution in [0.1, 0.15) is 65.2 Å². The van der Waals surface area contributed by atoms with Gasteiger partial charge in [0.15, 0.2) is 6.29 Å². The first-order valence-corrected chi connectivity index (χ1v) is 11.0. The minimum absolute atomic E-state index is 0.185. The van der Waals surface area contributed by atoms with E-state index in [4.69, 9.17) is 4.74 Å². The quantitative estimate of drug-likeness (QED) is 0.400. The number of nitrogens with zero attached hydrogens (tertiary/aromatic N) is 1. The van der Waals surface area contributed by atoms with Gasteiger partial charge < -0.3 is 15.1 Å². The summed E-state index contributed by atoms with van der Waals surface area (Å²) in [4.78, 5) is 0. The summed E-state index contributed by atoms with van der Waals surface area (Å²) in [6.45, 7) is 4.78. The molecule has 0 aromatic rings. The van der Waals surface area contributed by atoms with Crippen LogP contribution in [0.5, 0.6) is 0 Å². The van der Waals surface area contributed by atoms with Crippen molar-refractivity contribution in [2.45, 2.75) is 77.1 Å². The molecule has 3 fully saturated rings. The number of aliphatic hydroxyl groups excluding tert-OH is 1. The molecule has 0 aromatic heterocycles. The molecule has 0 saturated heterocycles. The first-order chi connectivity index (χ1) is 13.0. The standard InChI is InChI=1S/C23H33NO3/c1-3-22-9-6-18-17-5-4-16(24-26)13-15(17)12-14(2)21(18)19(22)7-10-23(22)11-8-20(25)27-23/h8,11,13-14,17-21,25-26H,3-7,9-10,12H2,1-2H3/b24-16+/t14-,17-,18?,19?,20?,21?,22-,23+/m0/s1. The molecular formula is C23H33NO3. The molecule has 2 N–H and O–H groups in total. The summed E-state index contributed by atoms with van der Waals surface area (Å²) in [7, 11) is 0. The van der Waals surface area contributed by atoms with E-state index in [0.717, 1.165) is 49.7 Å². The highest BCUT2D eigenvalue weighted by atomic mass is 16.6. The number of aliphatic hydroxyl groups is 1. The van der Waals surface area contributed by atoms with Crippen LogP contribution in [-0.4, -0.2) is 27.9 Å². The van der Waals surface area contributed by atoms with Crippen LogP contribution < -0.4 is 0 Å². The highest BCUT2D eigenvalue weighted by Gasteiger charge is 2.66. The van der Waals surface area contributed by atoms with Crippen molar-refractivity contribution in [1.29, 1.82) is 0 Å². The average Bonchev–Trinajstić information content (AvgIpc) is 3.22. The number of ether oxygens (including phenoxy) is 1. The molecule has 0 aromatic carbocycles. The fourth-order valence-electron chi connectivity index (χ4n) is 8.23. The normalized spacial score (nSPS) is 52.6. The van der Waals surface area contributed by atoms with E-state index in [2.05, 4.69) is 31.2 Å². The van der Waals surface area contributed by atoms with Gasteiger partial charge in [-0.1, -0.05) is 30.7 Å². The molecule has 5 aliphatic rings. The summed E-state index contributed by atoms with van der Waals surface area (Å²) in [6.07, 6.45) is 14.7. The van der Waals surface area contributed by atoms with E-state index in [1.807, 2.05) is 6.08 Å². The number of rotatable bonds is 1. The lowest BCUT2D eigenvalue weighted by molar-refractivity contribution is -0.190. The maximum Gasteiger partial charge on any atom is 0.175 e. The zero-order valence-corrected chi connectivity index (χ0v) is 16.6. The second-order valence-electron chi connectivity index (χ2n) is 9.83. The Bertz CT molecular complexity index is 712. The number of fused-ring (bicyclic) bond motifs is 6. The van der Waals surface area contributed by atoms with Crippen LogP contribution in [0.15, 0.2) is 29.0 Å². The molecule has 4 aliphatic carbocycles. The van der Waals surface area contributed by atoms with Crippen molar-refractivity contribution in [2.24, 2.45) is 40.2 Å². The molecule has 3 saturated carbocycles. The van der Waals surface area contributed by atoms with Gasteiger partial charge in [-0.2, -0.15) is 0 Å². The van der Waals surface area contributed by atoms with E-state index in [-0.39, 0.29) is 11.0 Å². The number of hydrogen-bond donors (Lipinski definition) is 2. The van der Waals surface area contributed by atoms with E-state index >= 15 is 0 Å². The molecule has 148 valence electrons. The third-order valence-electron chi connectivity index (χ3n) is 9.15. The molecule has 5 rings (SSSR count). The van der Waals surface area contributed by atoms with Gasteiger partial charge in [0.25, 0.3) is 0 Å². The first kappa shape index (κ1) is 17.9. The minimum Gasteiger partial charge on any atom is -0.411 e. The summed E-state index contributed by atoms with van der Waals surface area (Å²) in [5.74, 6) is 3.55. The van der Waals surface area contributed by atoms with Gasteiger partial charge in [0.1, 0.15) is 0 Å². The van der Waals surface area contributed by atoms with Crippen LogP contribution in [0.4, 0.5) is 0 Å². The molecule has 8 atom stereocenters. The summed E-state index contributed by atoms with van der Waals surface area (Å²) in [5.41, 5.74) is 2.34. The molecule has 4 nitrogen and oxygen atoms in total. The van der Waals surface area contributed by atoms with Crippen LogP contribution in [0, 0.1) is 35.0 Å². The zero-order valence-electron chi connectivity index (χ0n) is 16.6. The van der Waals surface area contributed by atoms with Crippen LogP contribution in [0.3, 0.4) is 0 Å². The highest BCUT2D eigenvalue weighted by molar-refractivity contribution is 5.96. The van der Waals surface area contributed by atoms with Crippen molar-refractivity contribution in [3.05, 3.63) is 23.8 Å². The zero-order chi connectivity index (χ0) is 18.8. The maximum absolute atomic E-state index is 10.1. The third kappa shape index (κ3) is 2.32. The van der Waals surface area contributed by atoms with Gasteiger partial charge in [0, 0.05) is 5.41 Å². The van der Waals surface area contributed by atoms with E-state index in [1.54, 1.807) is 0 Å². The molecule has 1 spiro atoms. The lowest BCUT2D eigenvalue weighted by Gasteiger charge is -2.58. The van der Waals surface area contributed by atoms with Gasteiger partial charge in [-0.15, -0.1) is 0 Å². The van der Waals surface area contributed by atoms with Crippen molar-refractivity contribution in [2.75, 3.05) is 0 Å². The summed E-state index contributed by atoms with van der Waals surface area (Å²) in [5, 5.41) is 22.8. The molecule has 0 radical (unpaired) electrons. The summed E-state index contributed by atoms with van der Waals surface area (Å²) >= 11 is 0. The van der Waals surface area contributed by atoms with Gasteiger partial charge in [0.05, 0.1) is 11.3 Å². The fourth-order valence-corrected chi connectivity index (χ4v) is 8.23. The molecule has 4 unspecified atom stereocenters. The Labute approximate surface area is 162 Å². The van der Waals surface area contributed by atoms with E-state index in [9.17, 15) is 10.3 Å². The second kappa shape index (κ2) is 6.18. The Morgan fingerprint density at radius 1 is 1.26 bits per heavy atom. The monoisotopic (exact) mass is 371 g/mol. The van der Waals surface area contributed by atoms with Crippen LogP contribution in [-0.2, 0) is 4.74 Å². The van der Waals surface area contributed by atoms with Gasteiger partial charge >= 0.3 is 0 Å². The minimum atomic E-state index is -0.724. The van der Waals surface area contributed by atoms with Crippen LogP contribution in [0.2, 0.25) is 0 Å². The van der Waals surface area contributed by atoms with Crippen LogP contribution in [0.25, 0.3) is 0 Å². The Morgan fingerprint density at radius 3 is 2.81 bits per heavy atom. The number of hydrogen-bond acceptors (Lipinski definition) is 4. The summed E-state index contributed by atoms with van der Waals surface area (Å²) < 4.78 is 6.21. The van der Waals surface area contributed by atoms with Crippen molar-refractivity contribution in [3.8, 4) is 0 Å². The lowest BCUT2D eigenvalue weighted by atomic mass is 9.47. The van der Waals surface area contributed by atoms with Crippen molar-refractivity contribution in [3.63, 3.8) is 0 Å². The maximum atomic E-state index is 10.1. The van der Waals surface area contributed by atoms with Crippen LogP contribution >= 0.6 is 0 Å². The van der Waals surface area contributed by atoms with Crippen molar-refractivity contribution in [1.82, 2.24) is 0 Å². The topological polar surface area (TPSA) is 62.0 Å². The predicted octanol–water partition coefficient (Wildman–Crippen LogP) is 4.67. The lowest BCUT2D eigenvalue weighted by Crippen LogP contribution is -2.55. The predicted molar refractivity (Wildman–Crippen MR) is 104 cm³/mol. The fraction of sp³-hybridized carbons (Fsp3) is 0.783. The SMILES string of the molecule is CC[C@]12CCC3C(C1CC[C@@]21C=CC(O)O1)[C@@H](C)CC1=C/C(=N/O)CC[C@@H]13. The van der Waals surface area contributed by atoms with E-state index in [0.29, 0.717) is 17.8 Å². The summed E-state index contributed by atoms with van der Waals surface area (Å²) in [6, 6.07) is 0.